The second-order valence-electron chi connectivity index (χ2n) is 15.4. The highest BCUT2D eigenvalue weighted by Gasteiger charge is 2.29. The third-order valence-electron chi connectivity index (χ3n) is 9.88. The second-order valence-corrected chi connectivity index (χ2v) is 15.4. The summed E-state index contributed by atoms with van der Waals surface area (Å²) in [7, 11) is 3.44. The molecule has 3 aromatic heterocycles. The predicted molar refractivity (Wildman–Crippen MR) is 216 cm³/mol. The Morgan fingerprint density at radius 1 is 0.877 bits per heavy atom. The van der Waals surface area contributed by atoms with Gasteiger partial charge < -0.3 is 51.9 Å². The summed E-state index contributed by atoms with van der Waals surface area (Å²) in [4.78, 5) is 24.2. The summed E-state index contributed by atoms with van der Waals surface area (Å²) in [6, 6.07) is 4.22. The summed E-state index contributed by atoms with van der Waals surface area (Å²) in [5, 5.41) is 5.16. The van der Waals surface area contributed by atoms with E-state index in [1.165, 1.54) is 0 Å². The minimum absolute atomic E-state index is 0.0733. The molecule has 5 rings (SSSR count). The topological polar surface area (TPSA) is 151 Å². The molecular weight excluding hydrogens is 734 g/mol. The molecule has 1 atom stereocenters. The van der Waals surface area contributed by atoms with Gasteiger partial charge in [0.25, 0.3) is 0 Å². The number of fused-ring (bicyclic) bond motifs is 3. The van der Waals surface area contributed by atoms with E-state index < -0.39 is 5.60 Å². The lowest BCUT2D eigenvalue weighted by Gasteiger charge is -2.32. The number of hydrogen-bond donors (Lipinski definition) is 0. The number of nitrogens with zero attached hydrogens (tertiary/aromatic N) is 5. The average molecular weight is 798 g/mol. The van der Waals surface area contributed by atoms with Gasteiger partial charge in [0.1, 0.15) is 28.5 Å². The predicted octanol–water partition coefficient (Wildman–Crippen LogP) is 6.07. The van der Waals surface area contributed by atoms with Crippen LogP contribution in [0.3, 0.4) is 0 Å². The van der Waals surface area contributed by atoms with Crippen LogP contribution in [0, 0.1) is 13.8 Å². The van der Waals surface area contributed by atoms with Gasteiger partial charge in [-0.1, -0.05) is 5.16 Å². The first kappa shape index (κ1) is 44.4. The Bertz CT molecular complexity index is 1830. The molecule has 0 N–H and O–H groups in total. The Balaban J connectivity index is 1.00. The number of pyridine rings is 1. The average Bonchev–Trinajstić information content (AvgIpc) is 3.74. The van der Waals surface area contributed by atoms with Gasteiger partial charge in [-0.2, -0.15) is 0 Å². The minimum atomic E-state index is -0.479. The molecule has 0 radical (unpaired) electrons. The molecule has 15 nitrogen and oxygen atoms in total. The van der Waals surface area contributed by atoms with Gasteiger partial charge in [-0.15, -0.1) is 0 Å². The quantitative estimate of drug-likeness (QED) is 0.0596. The maximum absolute atomic E-state index is 11.7. The van der Waals surface area contributed by atoms with Crippen molar-refractivity contribution < 1.29 is 47.2 Å². The van der Waals surface area contributed by atoms with E-state index >= 15 is 0 Å². The van der Waals surface area contributed by atoms with Crippen LogP contribution in [0.25, 0.3) is 33.1 Å². The van der Waals surface area contributed by atoms with Gasteiger partial charge in [-0.3, -0.25) is 9.78 Å². The van der Waals surface area contributed by atoms with Crippen molar-refractivity contribution >= 4 is 27.9 Å². The third kappa shape index (κ3) is 12.6. The van der Waals surface area contributed by atoms with E-state index in [9.17, 15) is 4.79 Å². The normalized spacial score (nSPS) is 14.9. The number of carbonyl (C=O) groups is 1. The van der Waals surface area contributed by atoms with E-state index in [1.54, 1.807) is 14.2 Å². The summed E-state index contributed by atoms with van der Waals surface area (Å²) in [5.74, 6) is 2.61. The number of ether oxygens (including phenoxy) is 8. The number of rotatable bonds is 24. The van der Waals surface area contributed by atoms with Crippen molar-refractivity contribution in [3.63, 3.8) is 0 Å². The second kappa shape index (κ2) is 21.9. The molecule has 57 heavy (non-hydrogen) atoms. The van der Waals surface area contributed by atoms with Crippen molar-refractivity contribution in [2.24, 2.45) is 0 Å². The molecule has 1 unspecified atom stereocenters. The summed E-state index contributed by atoms with van der Waals surface area (Å²) in [6.07, 6.45) is 4.13. The Morgan fingerprint density at radius 3 is 2.05 bits per heavy atom. The van der Waals surface area contributed by atoms with Crippen LogP contribution in [0.5, 0.6) is 5.75 Å². The van der Waals surface area contributed by atoms with E-state index in [1.807, 2.05) is 40.8 Å². The van der Waals surface area contributed by atoms with Crippen LogP contribution >= 0.6 is 0 Å². The lowest BCUT2D eigenvalue weighted by molar-refractivity contribution is -0.156. The lowest BCUT2D eigenvalue weighted by atomic mass is 9.95. The number of carbonyl (C=O) groups excluding carboxylic acids is 1. The fourth-order valence-electron chi connectivity index (χ4n) is 7.24. The van der Waals surface area contributed by atoms with Gasteiger partial charge in [-0.25, -0.2) is 4.98 Å². The zero-order valence-electron chi connectivity index (χ0n) is 35.2. The summed E-state index contributed by atoms with van der Waals surface area (Å²) < 4.78 is 52.7. The van der Waals surface area contributed by atoms with Gasteiger partial charge in [0, 0.05) is 30.5 Å². The SMILES string of the molecule is COCC(C)n1c(C2CCN(CCOCCOCCOCCOCCOCCC(=O)OC(C)(C)C)CC2)nc2cnc3cc(-c4c(C)noc4C)c(OC)cc3c21. The molecule has 316 valence electrons. The van der Waals surface area contributed by atoms with Crippen molar-refractivity contribution in [2.75, 3.05) is 107 Å². The van der Waals surface area contributed by atoms with Gasteiger partial charge in [0.05, 0.1) is 121 Å². The van der Waals surface area contributed by atoms with Crippen molar-refractivity contribution in [3.05, 3.63) is 35.6 Å². The molecule has 0 spiro atoms. The van der Waals surface area contributed by atoms with Crippen LogP contribution in [-0.4, -0.2) is 143 Å². The summed E-state index contributed by atoms with van der Waals surface area (Å²) >= 11 is 0. The van der Waals surface area contributed by atoms with Crippen molar-refractivity contribution in [1.82, 2.24) is 24.6 Å². The number of benzene rings is 1. The van der Waals surface area contributed by atoms with Crippen LogP contribution in [0.4, 0.5) is 0 Å². The maximum atomic E-state index is 11.7. The Hall–Kier alpha value is -3.70. The zero-order chi connectivity index (χ0) is 40.8. The number of aromatic nitrogens is 4. The number of piperidine rings is 1. The first-order valence-electron chi connectivity index (χ1n) is 20.1. The Labute approximate surface area is 336 Å². The van der Waals surface area contributed by atoms with E-state index in [4.69, 9.17) is 52.4 Å². The highest BCUT2D eigenvalue weighted by atomic mass is 16.6. The van der Waals surface area contributed by atoms with E-state index in [0.717, 1.165) is 88.6 Å². The molecule has 0 amide bonds. The Kier molecular flexibility index (Phi) is 17.1. The van der Waals surface area contributed by atoms with Crippen LogP contribution in [0.2, 0.25) is 0 Å². The molecule has 1 fully saturated rings. The van der Waals surface area contributed by atoms with Crippen LogP contribution in [0.1, 0.15) is 76.2 Å². The van der Waals surface area contributed by atoms with Crippen LogP contribution in [-0.2, 0) is 38.0 Å². The highest BCUT2D eigenvalue weighted by Crippen LogP contribution is 2.41. The largest absolute Gasteiger partial charge is 0.496 e. The van der Waals surface area contributed by atoms with Crippen molar-refractivity contribution in [1.29, 1.82) is 0 Å². The minimum Gasteiger partial charge on any atom is -0.496 e. The molecular formula is C42H63N5O10. The number of hydrogen-bond acceptors (Lipinski definition) is 14. The number of esters is 1. The molecule has 4 aromatic rings. The first-order valence-corrected chi connectivity index (χ1v) is 20.1. The molecule has 15 heteroatoms. The van der Waals surface area contributed by atoms with Crippen molar-refractivity contribution in [3.8, 4) is 16.9 Å². The van der Waals surface area contributed by atoms with Crippen molar-refractivity contribution in [2.45, 2.75) is 78.4 Å². The zero-order valence-corrected chi connectivity index (χ0v) is 35.2. The van der Waals surface area contributed by atoms with Crippen LogP contribution < -0.4 is 4.74 Å². The number of likely N-dealkylation sites (tertiary alicyclic amines) is 1. The van der Waals surface area contributed by atoms with Gasteiger partial charge >= 0.3 is 5.97 Å². The molecule has 1 aromatic carbocycles. The van der Waals surface area contributed by atoms with Crippen LogP contribution in [0.15, 0.2) is 22.9 Å². The Morgan fingerprint density at radius 2 is 1.49 bits per heavy atom. The summed E-state index contributed by atoms with van der Waals surface area (Å²) in [5.41, 5.74) is 4.95. The summed E-state index contributed by atoms with van der Waals surface area (Å²) in [6.45, 7) is 19.8. The molecule has 1 aliphatic heterocycles. The smallest absolute Gasteiger partial charge is 0.308 e. The van der Waals surface area contributed by atoms with E-state index in [-0.39, 0.29) is 18.4 Å². The molecule has 0 bridgehead atoms. The highest BCUT2D eigenvalue weighted by molar-refractivity contribution is 6.05. The number of aryl methyl sites for hydroxylation is 2. The van der Waals surface area contributed by atoms with Gasteiger partial charge in [-0.05, 0) is 79.6 Å². The van der Waals surface area contributed by atoms with Gasteiger partial charge in [0.15, 0.2) is 0 Å². The number of imidazole rings is 1. The molecule has 4 heterocycles. The van der Waals surface area contributed by atoms with E-state index in [2.05, 4.69) is 33.7 Å². The molecule has 1 aliphatic rings. The third-order valence-corrected chi connectivity index (χ3v) is 9.88. The fraction of sp³-hybridized carbons (Fsp3) is 0.667. The molecule has 1 saturated heterocycles. The van der Waals surface area contributed by atoms with E-state index in [0.29, 0.717) is 78.6 Å². The first-order chi connectivity index (χ1) is 27.5. The van der Waals surface area contributed by atoms with Gasteiger partial charge in [0.2, 0.25) is 0 Å². The number of methoxy groups -OCH3 is 2. The monoisotopic (exact) mass is 797 g/mol. The molecule has 0 aliphatic carbocycles. The maximum Gasteiger partial charge on any atom is 0.308 e. The fourth-order valence-corrected chi connectivity index (χ4v) is 7.24. The molecule has 0 saturated carbocycles. The lowest BCUT2D eigenvalue weighted by Crippen LogP contribution is -2.36. The standard InChI is InChI=1S/C42H63N5O10/c1-29(28-49-7)47-40-33-26-37(50-8)34(39-30(2)45-57-31(39)3)25-35(33)43-27-36(40)44-41(47)32-9-12-46(13-10-32)14-16-52-18-20-54-22-24-55-23-21-53-19-17-51-15-11-38(48)56-42(4,5)6/h25-27,29,32H,9-24,28H2,1-8H3.